The number of hydrogen-bond acceptors (Lipinski definition) is 6. The van der Waals surface area contributed by atoms with Crippen LogP contribution in [-0.2, 0) is 6.61 Å². The Bertz CT molecular complexity index is 986. The third-order valence-electron chi connectivity index (χ3n) is 4.18. The maximum Gasteiger partial charge on any atom is 0.259 e. The van der Waals surface area contributed by atoms with Crippen LogP contribution >= 0.6 is 11.3 Å². The number of nitrogens with one attached hydrogen (secondary N) is 1. The van der Waals surface area contributed by atoms with Crippen molar-refractivity contribution in [1.29, 1.82) is 0 Å². The molecule has 2 heterocycles. The Labute approximate surface area is 167 Å². The minimum absolute atomic E-state index is 0.250. The Balaban J connectivity index is 1.48. The zero-order valence-electron chi connectivity index (χ0n) is 15.4. The van der Waals surface area contributed by atoms with Gasteiger partial charge in [-0.25, -0.2) is 4.98 Å². The highest BCUT2D eigenvalue weighted by Gasteiger charge is 2.15. The molecule has 144 valence electrons. The van der Waals surface area contributed by atoms with Crippen molar-refractivity contribution < 1.29 is 19.0 Å². The summed E-state index contributed by atoms with van der Waals surface area (Å²) in [6.07, 6.45) is 0.833. The van der Waals surface area contributed by atoms with Crippen LogP contribution in [0.25, 0.3) is 0 Å². The maximum absolute atomic E-state index is 12.8. The number of anilines is 1. The van der Waals surface area contributed by atoms with Crippen molar-refractivity contribution in [1.82, 2.24) is 4.98 Å². The summed E-state index contributed by atoms with van der Waals surface area (Å²) in [6, 6.07) is 12.5. The van der Waals surface area contributed by atoms with Crippen LogP contribution in [0.1, 0.15) is 27.5 Å². The van der Waals surface area contributed by atoms with Gasteiger partial charge < -0.3 is 19.5 Å². The molecule has 0 spiro atoms. The fraction of sp³-hybridized carbons (Fsp3) is 0.238. The average Bonchev–Trinajstić information content (AvgIpc) is 2.98. The van der Waals surface area contributed by atoms with Crippen LogP contribution in [0.3, 0.4) is 0 Å². The normalized spacial score (nSPS) is 12.9. The molecule has 1 amide bonds. The Morgan fingerprint density at radius 3 is 2.82 bits per heavy atom. The summed E-state index contributed by atoms with van der Waals surface area (Å²) in [7, 11) is 0. The van der Waals surface area contributed by atoms with Gasteiger partial charge in [-0.05, 0) is 31.2 Å². The van der Waals surface area contributed by atoms with Crippen LogP contribution in [0.2, 0.25) is 0 Å². The van der Waals surface area contributed by atoms with Crippen LogP contribution < -0.4 is 19.5 Å². The fourth-order valence-corrected chi connectivity index (χ4v) is 3.44. The third kappa shape index (κ3) is 4.26. The smallest absolute Gasteiger partial charge is 0.259 e. The molecule has 0 unspecified atom stereocenters. The number of rotatable bonds is 5. The van der Waals surface area contributed by atoms with Crippen molar-refractivity contribution in [3.63, 3.8) is 0 Å². The highest BCUT2D eigenvalue weighted by molar-refractivity contribution is 7.09. The van der Waals surface area contributed by atoms with Crippen molar-refractivity contribution >= 4 is 22.9 Å². The predicted octanol–water partition coefficient (Wildman–Crippen LogP) is 4.44. The average molecular weight is 396 g/mol. The summed E-state index contributed by atoms with van der Waals surface area (Å²) in [5.41, 5.74) is 1.95. The van der Waals surface area contributed by atoms with Gasteiger partial charge in [-0.3, -0.25) is 4.79 Å². The SMILES string of the molecule is Cc1nc(COc2ccccc2C(=O)Nc2ccc3c(c2)OCCCO3)cs1. The molecule has 0 aliphatic carbocycles. The molecule has 0 saturated heterocycles. The third-order valence-corrected chi connectivity index (χ3v) is 5.00. The number of carbonyl (C=O) groups is 1. The van der Waals surface area contributed by atoms with Crippen molar-refractivity contribution in [3.05, 3.63) is 64.1 Å². The second kappa shape index (κ2) is 8.31. The molecule has 3 aromatic rings. The van der Waals surface area contributed by atoms with Crippen LogP contribution in [0.5, 0.6) is 17.2 Å². The zero-order valence-corrected chi connectivity index (χ0v) is 16.3. The summed E-state index contributed by atoms with van der Waals surface area (Å²) >= 11 is 1.57. The molecule has 0 saturated carbocycles. The predicted molar refractivity (Wildman–Crippen MR) is 108 cm³/mol. The van der Waals surface area contributed by atoms with Gasteiger partial charge in [-0.2, -0.15) is 0 Å². The molecule has 4 rings (SSSR count). The van der Waals surface area contributed by atoms with Crippen molar-refractivity contribution in [2.75, 3.05) is 18.5 Å². The van der Waals surface area contributed by atoms with Crippen LogP contribution in [-0.4, -0.2) is 24.1 Å². The largest absolute Gasteiger partial charge is 0.490 e. The van der Waals surface area contributed by atoms with Gasteiger partial charge in [0, 0.05) is 23.6 Å². The van der Waals surface area contributed by atoms with E-state index in [2.05, 4.69) is 10.3 Å². The molecule has 2 aromatic carbocycles. The molecule has 1 N–H and O–H groups in total. The molecule has 28 heavy (non-hydrogen) atoms. The second-order valence-corrected chi connectivity index (χ2v) is 7.37. The number of nitrogens with zero attached hydrogens (tertiary/aromatic N) is 1. The zero-order chi connectivity index (χ0) is 19.3. The number of carbonyl (C=O) groups excluding carboxylic acids is 1. The molecule has 6 nitrogen and oxygen atoms in total. The molecule has 0 fully saturated rings. The quantitative estimate of drug-likeness (QED) is 0.690. The number of thiazole rings is 1. The van der Waals surface area contributed by atoms with Gasteiger partial charge in [-0.15, -0.1) is 11.3 Å². The molecule has 7 heteroatoms. The van der Waals surface area contributed by atoms with E-state index in [1.807, 2.05) is 30.5 Å². The Morgan fingerprint density at radius 2 is 2.00 bits per heavy atom. The second-order valence-electron chi connectivity index (χ2n) is 6.31. The van der Waals surface area contributed by atoms with E-state index in [4.69, 9.17) is 14.2 Å². The van der Waals surface area contributed by atoms with Gasteiger partial charge in [0.05, 0.1) is 29.5 Å². The lowest BCUT2D eigenvalue weighted by Gasteiger charge is -2.13. The summed E-state index contributed by atoms with van der Waals surface area (Å²) in [4.78, 5) is 17.2. The van der Waals surface area contributed by atoms with Crippen LogP contribution in [0.15, 0.2) is 47.8 Å². The summed E-state index contributed by atoms with van der Waals surface area (Å²) in [6.45, 7) is 3.49. The van der Waals surface area contributed by atoms with Crippen molar-refractivity contribution in [3.8, 4) is 17.2 Å². The number of fused-ring (bicyclic) bond motifs is 1. The van der Waals surface area contributed by atoms with E-state index in [0.29, 0.717) is 48.3 Å². The summed E-state index contributed by atoms with van der Waals surface area (Å²) in [5, 5.41) is 5.84. The van der Waals surface area contributed by atoms with E-state index in [-0.39, 0.29) is 5.91 Å². The number of ether oxygens (including phenoxy) is 3. The van der Waals surface area contributed by atoms with E-state index in [0.717, 1.165) is 17.1 Å². The van der Waals surface area contributed by atoms with Gasteiger partial charge in [0.2, 0.25) is 0 Å². The first-order valence-corrected chi connectivity index (χ1v) is 9.91. The van der Waals surface area contributed by atoms with Crippen LogP contribution in [0, 0.1) is 6.92 Å². The highest BCUT2D eigenvalue weighted by Crippen LogP contribution is 2.32. The van der Waals surface area contributed by atoms with E-state index in [9.17, 15) is 4.79 Å². The molecule has 0 radical (unpaired) electrons. The van der Waals surface area contributed by atoms with Gasteiger partial charge in [-0.1, -0.05) is 12.1 Å². The van der Waals surface area contributed by atoms with E-state index < -0.39 is 0 Å². The van der Waals surface area contributed by atoms with Crippen molar-refractivity contribution in [2.24, 2.45) is 0 Å². The first-order valence-electron chi connectivity index (χ1n) is 9.03. The van der Waals surface area contributed by atoms with Crippen molar-refractivity contribution in [2.45, 2.75) is 20.0 Å². The lowest BCUT2D eigenvalue weighted by Crippen LogP contribution is -2.14. The molecule has 1 aromatic heterocycles. The highest BCUT2D eigenvalue weighted by atomic mass is 32.1. The Kier molecular flexibility index (Phi) is 5.43. The number of aryl methyl sites for hydroxylation is 1. The first-order chi connectivity index (χ1) is 13.7. The van der Waals surface area contributed by atoms with Gasteiger partial charge >= 0.3 is 0 Å². The number of para-hydroxylation sites is 1. The number of amides is 1. The molecule has 1 aliphatic rings. The lowest BCUT2D eigenvalue weighted by molar-refractivity contribution is 0.102. The maximum atomic E-state index is 12.8. The lowest BCUT2D eigenvalue weighted by atomic mass is 10.1. The molecular formula is C21H20N2O4S. The Hall–Kier alpha value is -3.06. The fourth-order valence-electron chi connectivity index (χ4n) is 2.85. The molecule has 0 atom stereocenters. The van der Waals surface area contributed by atoms with E-state index >= 15 is 0 Å². The van der Waals surface area contributed by atoms with Gasteiger partial charge in [0.15, 0.2) is 11.5 Å². The standard InChI is InChI=1S/C21H20N2O4S/c1-14-22-16(13-28-14)12-27-18-6-3-2-5-17(18)21(24)23-15-7-8-19-20(11-15)26-10-4-9-25-19/h2-3,5-8,11,13H,4,9-10,12H2,1H3,(H,23,24). The monoisotopic (exact) mass is 396 g/mol. The van der Waals surface area contributed by atoms with E-state index in [1.165, 1.54) is 0 Å². The summed E-state index contributed by atoms with van der Waals surface area (Å²) in [5.74, 6) is 1.59. The molecule has 0 bridgehead atoms. The minimum atomic E-state index is -0.250. The van der Waals surface area contributed by atoms with E-state index in [1.54, 1.807) is 35.6 Å². The topological polar surface area (TPSA) is 69.7 Å². The van der Waals surface area contributed by atoms with Gasteiger partial charge in [0.25, 0.3) is 5.91 Å². The minimum Gasteiger partial charge on any atom is -0.490 e. The van der Waals surface area contributed by atoms with Gasteiger partial charge in [0.1, 0.15) is 12.4 Å². The molecule has 1 aliphatic heterocycles. The summed E-state index contributed by atoms with van der Waals surface area (Å²) < 4.78 is 17.1. The number of benzene rings is 2. The van der Waals surface area contributed by atoms with Crippen LogP contribution in [0.4, 0.5) is 5.69 Å². The molecular weight excluding hydrogens is 376 g/mol. The first kappa shape index (κ1) is 18.3. The number of hydrogen-bond donors (Lipinski definition) is 1. The Morgan fingerprint density at radius 1 is 1.18 bits per heavy atom. The number of aromatic nitrogens is 1.